The van der Waals surface area contributed by atoms with Gasteiger partial charge in [0.15, 0.2) is 0 Å². The fraction of sp³-hybridized carbons (Fsp3) is 0.462. The summed E-state index contributed by atoms with van der Waals surface area (Å²) < 4.78 is 5.71. The highest BCUT2D eigenvalue weighted by atomic mass is 16.5. The van der Waals surface area contributed by atoms with Crippen molar-refractivity contribution in [2.45, 2.75) is 64.9 Å². The van der Waals surface area contributed by atoms with Crippen LogP contribution in [0.3, 0.4) is 0 Å². The van der Waals surface area contributed by atoms with Crippen LogP contribution >= 0.6 is 0 Å². The summed E-state index contributed by atoms with van der Waals surface area (Å²) in [5.74, 6) is 1.54. The molecule has 27 heavy (non-hydrogen) atoms. The summed E-state index contributed by atoms with van der Waals surface area (Å²) in [6.45, 7) is 5.90. The molecule has 1 saturated carbocycles. The van der Waals surface area contributed by atoms with E-state index >= 15 is 0 Å². The van der Waals surface area contributed by atoms with Crippen molar-refractivity contribution in [3.63, 3.8) is 0 Å². The molecule has 0 saturated heterocycles. The van der Waals surface area contributed by atoms with Crippen LogP contribution in [0.1, 0.15) is 69.4 Å². The van der Waals surface area contributed by atoms with Gasteiger partial charge in [-0.25, -0.2) is 0 Å². The number of rotatable bonds is 8. The summed E-state index contributed by atoms with van der Waals surface area (Å²) in [7, 11) is 0. The molecule has 1 aliphatic rings. The highest BCUT2D eigenvalue weighted by Crippen LogP contribution is 2.36. The first kappa shape index (κ1) is 19.9. The molecular formula is C26H34O. The van der Waals surface area contributed by atoms with E-state index in [1.807, 2.05) is 0 Å². The summed E-state index contributed by atoms with van der Waals surface area (Å²) in [4.78, 5) is 0. The first-order valence-corrected chi connectivity index (χ1v) is 10.7. The van der Waals surface area contributed by atoms with Gasteiger partial charge in [-0.3, -0.25) is 0 Å². The molecule has 0 bridgehead atoms. The molecule has 3 rings (SSSR count). The lowest BCUT2D eigenvalue weighted by molar-refractivity contribution is 0.118. The van der Waals surface area contributed by atoms with Gasteiger partial charge < -0.3 is 4.74 Å². The van der Waals surface area contributed by atoms with Crippen LogP contribution in [0.15, 0.2) is 60.7 Å². The Morgan fingerprint density at radius 2 is 1.52 bits per heavy atom. The van der Waals surface area contributed by atoms with Gasteiger partial charge in [0.25, 0.3) is 0 Å². The summed E-state index contributed by atoms with van der Waals surface area (Å²) in [5, 5.41) is 0. The van der Waals surface area contributed by atoms with E-state index in [0.717, 1.165) is 31.5 Å². The lowest BCUT2D eigenvalue weighted by Crippen LogP contribution is -2.11. The quantitative estimate of drug-likeness (QED) is 0.348. The number of hydrogen-bond acceptors (Lipinski definition) is 1. The maximum atomic E-state index is 5.71. The maximum absolute atomic E-state index is 5.71. The summed E-state index contributed by atoms with van der Waals surface area (Å²) in [6, 6.07) is 18.1. The van der Waals surface area contributed by atoms with Crippen molar-refractivity contribution in [1.29, 1.82) is 0 Å². The molecule has 2 aromatic rings. The smallest absolute Gasteiger partial charge is 0.0716 e. The Morgan fingerprint density at radius 1 is 0.889 bits per heavy atom. The molecule has 0 unspecified atom stereocenters. The van der Waals surface area contributed by atoms with Crippen molar-refractivity contribution in [3.8, 4) is 11.1 Å². The van der Waals surface area contributed by atoms with E-state index < -0.39 is 0 Å². The second kappa shape index (κ2) is 10.5. The average Bonchev–Trinajstić information content (AvgIpc) is 2.73. The van der Waals surface area contributed by atoms with Crippen LogP contribution < -0.4 is 0 Å². The van der Waals surface area contributed by atoms with Crippen LogP contribution in [0, 0.1) is 5.92 Å². The molecule has 0 aliphatic heterocycles. The van der Waals surface area contributed by atoms with E-state index in [1.54, 1.807) is 0 Å². The van der Waals surface area contributed by atoms with E-state index in [2.05, 4.69) is 74.5 Å². The second-order valence-corrected chi connectivity index (χ2v) is 7.86. The number of benzene rings is 2. The van der Waals surface area contributed by atoms with Gasteiger partial charge in [-0.1, -0.05) is 74.0 Å². The lowest BCUT2D eigenvalue weighted by atomic mass is 9.78. The molecule has 144 valence electrons. The fourth-order valence-corrected chi connectivity index (χ4v) is 4.09. The van der Waals surface area contributed by atoms with Crippen LogP contribution in [0.2, 0.25) is 0 Å². The van der Waals surface area contributed by atoms with Gasteiger partial charge in [0.05, 0.1) is 6.61 Å². The minimum absolute atomic E-state index is 0.717. The van der Waals surface area contributed by atoms with Gasteiger partial charge in [0.2, 0.25) is 0 Å². The molecule has 0 N–H and O–H groups in total. The monoisotopic (exact) mass is 362 g/mol. The molecule has 0 aromatic heterocycles. The molecule has 0 atom stereocenters. The number of unbranched alkanes of at least 4 members (excludes halogenated alkanes) is 1. The van der Waals surface area contributed by atoms with Gasteiger partial charge in [0, 0.05) is 6.61 Å². The number of allylic oxidation sites excluding steroid dienone is 2. The molecule has 0 radical (unpaired) electrons. The molecule has 1 heteroatoms. The second-order valence-electron chi connectivity index (χ2n) is 7.86. The molecule has 0 spiro atoms. The summed E-state index contributed by atoms with van der Waals surface area (Å²) in [5.41, 5.74) is 5.36. The third-order valence-corrected chi connectivity index (χ3v) is 5.82. The molecule has 1 aliphatic carbocycles. The zero-order valence-corrected chi connectivity index (χ0v) is 17.0. The lowest BCUT2D eigenvalue weighted by Gasteiger charge is -2.27. The predicted molar refractivity (Wildman–Crippen MR) is 116 cm³/mol. The molecular weight excluding hydrogens is 328 g/mol. The first-order valence-electron chi connectivity index (χ1n) is 10.7. The van der Waals surface area contributed by atoms with Crippen LogP contribution in [0.25, 0.3) is 11.1 Å². The summed E-state index contributed by atoms with van der Waals surface area (Å²) >= 11 is 0. The Labute approximate surface area is 165 Å². The van der Waals surface area contributed by atoms with E-state index in [9.17, 15) is 0 Å². The van der Waals surface area contributed by atoms with E-state index in [1.165, 1.54) is 54.4 Å². The van der Waals surface area contributed by atoms with Gasteiger partial charge >= 0.3 is 0 Å². The predicted octanol–water partition coefficient (Wildman–Crippen LogP) is 7.52. The van der Waals surface area contributed by atoms with Crippen LogP contribution in [0.5, 0.6) is 0 Å². The normalized spacial score (nSPS) is 20.2. The maximum Gasteiger partial charge on any atom is 0.0716 e. The Balaban J connectivity index is 1.55. The van der Waals surface area contributed by atoms with Crippen molar-refractivity contribution in [2.75, 3.05) is 6.61 Å². The third-order valence-electron chi connectivity index (χ3n) is 5.82. The largest absolute Gasteiger partial charge is 0.377 e. The highest BCUT2D eigenvalue weighted by molar-refractivity contribution is 5.64. The zero-order chi connectivity index (χ0) is 18.9. The van der Waals surface area contributed by atoms with Crippen molar-refractivity contribution < 1.29 is 4.74 Å². The van der Waals surface area contributed by atoms with Crippen molar-refractivity contribution >= 4 is 0 Å². The van der Waals surface area contributed by atoms with Gasteiger partial charge in [-0.15, -0.1) is 0 Å². The third kappa shape index (κ3) is 5.81. The van der Waals surface area contributed by atoms with E-state index in [0.29, 0.717) is 0 Å². The topological polar surface area (TPSA) is 9.23 Å². The van der Waals surface area contributed by atoms with E-state index in [-0.39, 0.29) is 0 Å². The van der Waals surface area contributed by atoms with Gasteiger partial charge in [-0.2, -0.15) is 0 Å². The standard InChI is InChI=1S/C26H34O/c1-3-5-19-27-20-22-9-13-24(14-10-22)26-17-15-25(16-18-26)23-11-7-21(6-4-2)8-12-23/h4,6,9-10,13-18,21,23H,3,5,7-8,11-12,19-20H2,1-2H3/b6-4-. The van der Waals surface area contributed by atoms with E-state index in [4.69, 9.17) is 4.74 Å². The SMILES string of the molecule is C/C=C\C1CCC(c2ccc(-c3ccc(COCCCC)cc3)cc2)CC1. The van der Waals surface area contributed by atoms with Crippen molar-refractivity contribution in [3.05, 3.63) is 71.8 Å². The fourth-order valence-electron chi connectivity index (χ4n) is 4.09. The Morgan fingerprint density at radius 3 is 2.11 bits per heavy atom. The van der Waals surface area contributed by atoms with Crippen LogP contribution in [-0.4, -0.2) is 6.61 Å². The average molecular weight is 363 g/mol. The molecule has 2 aromatic carbocycles. The van der Waals surface area contributed by atoms with Gasteiger partial charge in [0.1, 0.15) is 0 Å². The zero-order valence-electron chi connectivity index (χ0n) is 17.0. The highest BCUT2D eigenvalue weighted by Gasteiger charge is 2.20. The number of hydrogen-bond donors (Lipinski definition) is 0. The molecule has 1 nitrogen and oxygen atoms in total. The first-order chi connectivity index (χ1) is 13.3. The molecule has 1 fully saturated rings. The van der Waals surface area contributed by atoms with Crippen LogP contribution in [0.4, 0.5) is 0 Å². The summed E-state index contributed by atoms with van der Waals surface area (Å²) in [6.07, 6.45) is 12.2. The van der Waals surface area contributed by atoms with Gasteiger partial charge in [-0.05, 0) is 73.1 Å². The Bertz CT molecular complexity index is 688. The molecule has 0 heterocycles. The number of ether oxygens (including phenoxy) is 1. The minimum Gasteiger partial charge on any atom is -0.377 e. The minimum atomic E-state index is 0.717. The molecule has 0 amide bonds. The van der Waals surface area contributed by atoms with Crippen molar-refractivity contribution in [2.24, 2.45) is 5.92 Å². The van der Waals surface area contributed by atoms with Crippen LogP contribution in [-0.2, 0) is 11.3 Å². The Kier molecular flexibility index (Phi) is 7.71. The van der Waals surface area contributed by atoms with Crippen molar-refractivity contribution in [1.82, 2.24) is 0 Å². The Hall–Kier alpha value is -1.86.